The van der Waals surface area contributed by atoms with Gasteiger partial charge in [0.2, 0.25) is 0 Å². The van der Waals surface area contributed by atoms with Crippen LogP contribution in [0.1, 0.15) is 19.8 Å². The van der Waals surface area contributed by atoms with Gasteiger partial charge >= 0.3 is 35.8 Å². The normalized spacial score (nSPS) is 11.3. The summed E-state index contributed by atoms with van der Waals surface area (Å²) < 4.78 is 0. The molecule has 0 heterocycles. The third-order valence-corrected chi connectivity index (χ3v) is 2.27. The van der Waals surface area contributed by atoms with Gasteiger partial charge in [-0.1, -0.05) is 0 Å². The molecule has 12 nitrogen and oxygen atoms in total. The van der Waals surface area contributed by atoms with Gasteiger partial charge in [-0.3, -0.25) is 9.59 Å². The van der Waals surface area contributed by atoms with Crippen LogP contribution in [0.15, 0.2) is 22.8 Å². The average Bonchev–Trinajstić information content (AvgIpc) is 2.42. The second kappa shape index (κ2) is 10.9. The zero-order valence-electron chi connectivity index (χ0n) is 12.6. The van der Waals surface area contributed by atoms with Crippen molar-refractivity contribution in [1.82, 2.24) is 0 Å². The van der Waals surface area contributed by atoms with E-state index < -0.39 is 65.4 Å². The van der Waals surface area contributed by atoms with E-state index in [2.05, 4.69) is 0 Å². The van der Waals surface area contributed by atoms with Gasteiger partial charge < -0.3 is 30.6 Å². The van der Waals surface area contributed by atoms with Crippen molar-refractivity contribution in [2.45, 2.75) is 19.8 Å². The van der Waals surface area contributed by atoms with Crippen molar-refractivity contribution >= 4 is 35.8 Å². The van der Waals surface area contributed by atoms with Gasteiger partial charge in [-0.25, -0.2) is 19.2 Å². The van der Waals surface area contributed by atoms with Crippen molar-refractivity contribution in [1.29, 1.82) is 0 Å². The second-order valence-electron chi connectivity index (χ2n) is 4.17. The van der Waals surface area contributed by atoms with Gasteiger partial charge in [-0.2, -0.15) is 0 Å². The number of carboxylic acids is 6. The monoisotopic (exact) mass is 362 g/mol. The summed E-state index contributed by atoms with van der Waals surface area (Å²) in [5.74, 6) is -8.74. The molecule has 0 fully saturated rings. The fourth-order valence-corrected chi connectivity index (χ4v) is 1.15. The quantitative estimate of drug-likeness (QED) is 0.301. The number of carboxylic acid groups (broad SMARTS) is 6. The van der Waals surface area contributed by atoms with E-state index in [1.807, 2.05) is 0 Å². The SMILES string of the molecule is CC(C(=O)O)=C(CC(=O)O)C(=O)O.O=C(O)C=C(CC(=O)O)C(=O)O. The predicted octanol–water partition coefficient (Wildman–Crippen LogP) is -0.496. The zero-order valence-corrected chi connectivity index (χ0v) is 12.6. The highest BCUT2D eigenvalue weighted by atomic mass is 16.4. The van der Waals surface area contributed by atoms with Crippen molar-refractivity contribution in [2.24, 2.45) is 0 Å². The van der Waals surface area contributed by atoms with Crippen LogP contribution in [0.4, 0.5) is 0 Å². The fraction of sp³-hybridized carbons (Fsp3) is 0.231. The molecular formula is C13H14O12. The van der Waals surface area contributed by atoms with E-state index in [4.69, 9.17) is 30.6 Å². The van der Waals surface area contributed by atoms with Crippen LogP contribution < -0.4 is 0 Å². The van der Waals surface area contributed by atoms with Crippen LogP contribution in [0.5, 0.6) is 0 Å². The third-order valence-electron chi connectivity index (χ3n) is 2.27. The number of rotatable bonds is 8. The maximum absolute atomic E-state index is 10.4. The van der Waals surface area contributed by atoms with E-state index in [1.54, 1.807) is 0 Å². The number of hydrogen-bond donors (Lipinski definition) is 6. The molecule has 0 aliphatic carbocycles. The Morgan fingerprint density at radius 3 is 1.36 bits per heavy atom. The highest BCUT2D eigenvalue weighted by molar-refractivity contribution is 6.01. The Hall–Kier alpha value is -3.70. The van der Waals surface area contributed by atoms with E-state index in [0.29, 0.717) is 6.08 Å². The highest BCUT2D eigenvalue weighted by Gasteiger charge is 2.18. The number of hydrogen-bond acceptors (Lipinski definition) is 6. The van der Waals surface area contributed by atoms with E-state index in [1.165, 1.54) is 0 Å². The van der Waals surface area contributed by atoms with Crippen LogP contribution in [0, 0.1) is 0 Å². The Bertz CT molecular complexity index is 652. The molecule has 0 aromatic carbocycles. The fourth-order valence-electron chi connectivity index (χ4n) is 1.15. The molecule has 0 saturated carbocycles. The van der Waals surface area contributed by atoms with Crippen LogP contribution in [0.2, 0.25) is 0 Å². The van der Waals surface area contributed by atoms with Crippen molar-refractivity contribution in [3.63, 3.8) is 0 Å². The Morgan fingerprint density at radius 2 is 1.12 bits per heavy atom. The minimum absolute atomic E-state index is 0.358. The van der Waals surface area contributed by atoms with Crippen LogP contribution in [-0.4, -0.2) is 66.5 Å². The average molecular weight is 362 g/mol. The zero-order chi connectivity index (χ0) is 20.3. The maximum Gasteiger partial charge on any atom is 0.332 e. The van der Waals surface area contributed by atoms with Gasteiger partial charge in [0, 0.05) is 11.6 Å². The van der Waals surface area contributed by atoms with Gasteiger partial charge in [-0.05, 0) is 6.92 Å². The number of carbonyl (C=O) groups is 6. The van der Waals surface area contributed by atoms with Gasteiger partial charge in [0.15, 0.2) is 0 Å². The standard InChI is InChI=1S/C7H8O6.C6H6O6/c1-3(6(10)11)4(7(12)13)2-5(8)9;7-4(8)1-3(6(11)12)2-5(9)10/h2H2,1H3,(H,8,9)(H,10,11)(H,12,13);1H,2H2,(H,7,8)(H,9,10)(H,11,12). The molecule has 0 atom stereocenters. The summed E-state index contributed by atoms with van der Waals surface area (Å²) in [6, 6.07) is 0. The smallest absolute Gasteiger partial charge is 0.332 e. The molecule has 0 radical (unpaired) electrons. The summed E-state index contributed by atoms with van der Waals surface area (Å²) in [4.78, 5) is 61.0. The lowest BCUT2D eigenvalue weighted by Crippen LogP contribution is -2.12. The molecule has 0 aliphatic rings. The third kappa shape index (κ3) is 11.5. The lowest BCUT2D eigenvalue weighted by molar-refractivity contribution is -0.140. The second-order valence-corrected chi connectivity index (χ2v) is 4.17. The topological polar surface area (TPSA) is 224 Å². The van der Waals surface area contributed by atoms with E-state index in [0.717, 1.165) is 6.92 Å². The van der Waals surface area contributed by atoms with Gasteiger partial charge in [-0.15, -0.1) is 0 Å². The van der Waals surface area contributed by atoms with E-state index in [9.17, 15) is 28.8 Å². The predicted molar refractivity (Wildman–Crippen MR) is 75.8 cm³/mol. The summed E-state index contributed by atoms with van der Waals surface area (Å²) in [7, 11) is 0. The van der Waals surface area contributed by atoms with Crippen LogP contribution in [0.25, 0.3) is 0 Å². The summed E-state index contributed by atoms with van der Waals surface area (Å²) in [5.41, 5.74) is -1.73. The molecule has 0 saturated heterocycles. The van der Waals surface area contributed by atoms with Crippen molar-refractivity contribution in [3.8, 4) is 0 Å². The molecular weight excluding hydrogens is 348 g/mol. The van der Waals surface area contributed by atoms with Crippen LogP contribution in [0.3, 0.4) is 0 Å². The molecule has 0 unspecified atom stereocenters. The van der Waals surface area contributed by atoms with Gasteiger partial charge in [0.25, 0.3) is 0 Å². The molecule has 0 aromatic heterocycles. The largest absolute Gasteiger partial charge is 0.481 e. The van der Waals surface area contributed by atoms with Crippen LogP contribution in [-0.2, 0) is 28.8 Å². The molecule has 0 bridgehead atoms. The van der Waals surface area contributed by atoms with Crippen molar-refractivity contribution in [2.75, 3.05) is 0 Å². The minimum Gasteiger partial charge on any atom is -0.481 e. The summed E-state index contributed by atoms with van der Waals surface area (Å²) in [6.07, 6.45) is -1.24. The number of aliphatic carboxylic acids is 6. The van der Waals surface area contributed by atoms with Crippen LogP contribution >= 0.6 is 0 Å². The Morgan fingerprint density at radius 1 is 0.680 bits per heavy atom. The molecule has 25 heavy (non-hydrogen) atoms. The molecule has 0 aliphatic heterocycles. The lowest BCUT2D eigenvalue weighted by atomic mass is 10.1. The molecule has 138 valence electrons. The Kier molecular flexibility index (Phi) is 10.3. The van der Waals surface area contributed by atoms with Gasteiger partial charge in [0.1, 0.15) is 0 Å². The van der Waals surface area contributed by atoms with Crippen molar-refractivity contribution < 1.29 is 59.4 Å². The summed E-state index contributed by atoms with van der Waals surface area (Å²) >= 11 is 0. The van der Waals surface area contributed by atoms with Gasteiger partial charge in [0.05, 0.1) is 24.0 Å². The maximum atomic E-state index is 10.4. The Balaban J connectivity index is 0. The van der Waals surface area contributed by atoms with E-state index in [-0.39, 0.29) is 0 Å². The summed E-state index contributed by atoms with van der Waals surface area (Å²) in [5, 5.41) is 49.7. The molecule has 12 heteroatoms. The lowest BCUT2D eigenvalue weighted by Gasteiger charge is -2.00. The highest BCUT2D eigenvalue weighted by Crippen LogP contribution is 2.09. The van der Waals surface area contributed by atoms with E-state index >= 15 is 0 Å². The Labute approximate surface area is 138 Å². The molecule has 6 N–H and O–H groups in total. The molecule has 0 rings (SSSR count). The first-order chi connectivity index (χ1) is 11.3. The van der Waals surface area contributed by atoms with Crippen molar-refractivity contribution in [3.05, 3.63) is 22.8 Å². The molecule has 0 spiro atoms. The first-order valence-corrected chi connectivity index (χ1v) is 6.06. The molecule has 0 aromatic rings. The first-order valence-electron chi connectivity index (χ1n) is 6.06. The molecule has 0 amide bonds. The minimum atomic E-state index is -1.54. The summed E-state index contributed by atoms with van der Waals surface area (Å²) in [6.45, 7) is 1.05. The first kappa shape index (κ1) is 23.6.